The summed E-state index contributed by atoms with van der Waals surface area (Å²) in [5, 5.41) is 8.78. The molecule has 2 aromatic carbocycles. The molecule has 0 spiro atoms. The van der Waals surface area contributed by atoms with Gasteiger partial charge in [-0.15, -0.1) is 11.8 Å². The number of Topliss-reactive ketones (excluding diaryl/α,β-unsaturated/α-hetero) is 1. The van der Waals surface area contributed by atoms with Crippen molar-refractivity contribution >= 4 is 17.5 Å². The molecule has 0 aromatic heterocycles. The molecule has 0 aliphatic rings. The first-order valence-electron chi connectivity index (χ1n) is 7.48. The van der Waals surface area contributed by atoms with Crippen LogP contribution in [-0.4, -0.2) is 5.78 Å². The molecule has 0 unspecified atom stereocenters. The van der Waals surface area contributed by atoms with Gasteiger partial charge in [0.2, 0.25) is 0 Å². The summed E-state index contributed by atoms with van der Waals surface area (Å²) in [7, 11) is 0. The lowest BCUT2D eigenvalue weighted by molar-refractivity contribution is 0.0979. The third-order valence-electron chi connectivity index (χ3n) is 3.42. The van der Waals surface area contributed by atoms with E-state index in [1.807, 2.05) is 48.5 Å². The molecule has 2 rings (SSSR count). The van der Waals surface area contributed by atoms with Crippen molar-refractivity contribution in [3.63, 3.8) is 0 Å². The van der Waals surface area contributed by atoms with E-state index in [1.54, 1.807) is 11.8 Å². The van der Waals surface area contributed by atoms with Crippen molar-refractivity contribution in [2.24, 2.45) is 0 Å². The van der Waals surface area contributed by atoms with Gasteiger partial charge in [0.15, 0.2) is 5.78 Å². The molecule has 22 heavy (non-hydrogen) atoms. The van der Waals surface area contributed by atoms with Gasteiger partial charge in [-0.05, 0) is 36.2 Å². The number of benzene rings is 2. The van der Waals surface area contributed by atoms with Gasteiger partial charge >= 0.3 is 0 Å². The summed E-state index contributed by atoms with van der Waals surface area (Å²) in [5.74, 6) is 1.08. The molecule has 0 N–H and O–H groups in total. The van der Waals surface area contributed by atoms with Crippen molar-refractivity contribution in [2.45, 2.75) is 36.8 Å². The van der Waals surface area contributed by atoms with Gasteiger partial charge in [-0.3, -0.25) is 4.79 Å². The first-order chi connectivity index (χ1) is 10.7. The molecule has 0 saturated carbocycles. The fourth-order valence-electron chi connectivity index (χ4n) is 2.06. The molecule has 2 nitrogen and oxygen atoms in total. The van der Waals surface area contributed by atoms with Crippen molar-refractivity contribution in [3.05, 3.63) is 65.2 Å². The Morgan fingerprint density at radius 1 is 1.09 bits per heavy atom. The van der Waals surface area contributed by atoms with Crippen LogP contribution in [0.4, 0.5) is 0 Å². The van der Waals surface area contributed by atoms with E-state index in [1.165, 1.54) is 5.56 Å². The quantitative estimate of drug-likeness (QED) is 0.520. The summed E-state index contributed by atoms with van der Waals surface area (Å²) in [4.78, 5) is 13.1. The Morgan fingerprint density at radius 2 is 1.77 bits per heavy atom. The molecule has 3 heteroatoms. The molecule has 0 amide bonds. The topological polar surface area (TPSA) is 40.9 Å². The standard InChI is InChI=1S/C19H19NOS/c1-2-3-4-19(21)17-9-11-18(12-10-17)22-14-16-7-5-15(13-20)6-8-16/h5-12H,2-4,14H2,1H3. The van der Waals surface area contributed by atoms with E-state index in [9.17, 15) is 4.79 Å². The predicted octanol–water partition coefficient (Wildman–Crippen LogP) is 5.22. The van der Waals surface area contributed by atoms with Crippen LogP contribution in [0.2, 0.25) is 0 Å². The number of unbranched alkanes of at least 4 members (excludes halogenated alkanes) is 1. The van der Waals surface area contributed by atoms with E-state index in [4.69, 9.17) is 5.26 Å². The molecule has 112 valence electrons. The van der Waals surface area contributed by atoms with E-state index in [0.29, 0.717) is 12.0 Å². The summed E-state index contributed by atoms with van der Waals surface area (Å²) in [6, 6.07) is 17.6. The van der Waals surface area contributed by atoms with Crippen LogP contribution >= 0.6 is 11.8 Å². The highest BCUT2D eigenvalue weighted by molar-refractivity contribution is 7.98. The smallest absolute Gasteiger partial charge is 0.162 e. The minimum atomic E-state index is 0.227. The SMILES string of the molecule is CCCCC(=O)c1ccc(SCc2ccc(C#N)cc2)cc1. The zero-order valence-corrected chi connectivity index (χ0v) is 13.5. The second kappa shape index (κ2) is 8.41. The van der Waals surface area contributed by atoms with Crippen LogP contribution < -0.4 is 0 Å². The lowest BCUT2D eigenvalue weighted by Crippen LogP contribution is -1.98. The fraction of sp³-hybridized carbons (Fsp3) is 0.263. The number of hydrogen-bond donors (Lipinski definition) is 0. The van der Waals surface area contributed by atoms with Gasteiger partial charge in [0.25, 0.3) is 0 Å². The molecule has 0 heterocycles. The van der Waals surface area contributed by atoms with Crippen LogP contribution in [0, 0.1) is 11.3 Å². The number of ketones is 1. The van der Waals surface area contributed by atoms with E-state index in [2.05, 4.69) is 13.0 Å². The highest BCUT2D eigenvalue weighted by Crippen LogP contribution is 2.23. The number of rotatable bonds is 7. The Hall–Kier alpha value is -2.05. The van der Waals surface area contributed by atoms with Crippen LogP contribution in [0.25, 0.3) is 0 Å². The average Bonchev–Trinajstić information content (AvgIpc) is 2.58. The monoisotopic (exact) mass is 309 g/mol. The first kappa shape index (κ1) is 16.3. The minimum Gasteiger partial charge on any atom is -0.294 e. The lowest BCUT2D eigenvalue weighted by atomic mass is 10.1. The van der Waals surface area contributed by atoms with Crippen molar-refractivity contribution in [1.29, 1.82) is 5.26 Å². The number of carbonyl (C=O) groups is 1. The highest BCUT2D eigenvalue weighted by atomic mass is 32.2. The third kappa shape index (κ3) is 4.75. The van der Waals surface area contributed by atoms with Gasteiger partial charge in [-0.2, -0.15) is 5.26 Å². The van der Waals surface area contributed by atoms with Crippen LogP contribution in [0.1, 0.15) is 47.7 Å². The lowest BCUT2D eigenvalue weighted by Gasteiger charge is -2.04. The summed E-state index contributed by atoms with van der Waals surface area (Å²) < 4.78 is 0. The Labute approximate surface area is 136 Å². The molecule has 0 aliphatic carbocycles. The Kier molecular flexibility index (Phi) is 6.24. The fourth-order valence-corrected chi connectivity index (χ4v) is 2.92. The van der Waals surface area contributed by atoms with Gasteiger partial charge in [-0.25, -0.2) is 0 Å². The number of nitriles is 1. The van der Waals surface area contributed by atoms with Crippen LogP contribution in [0.5, 0.6) is 0 Å². The van der Waals surface area contributed by atoms with Gasteiger partial charge in [0.1, 0.15) is 0 Å². The Bertz CT molecular complexity index is 653. The largest absolute Gasteiger partial charge is 0.294 e. The maximum Gasteiger partial charge on any atom is 0.162 e. The van der Waals surface area contributed by atoms with Crippen molar-refractivity contribution in [1.82, 2.24) is 0 Å². The molecule has 0 atom stereocenters. The molecule has 0 aliphatic heterocycles. The third-order valence-corrected chi connectivity index (χ3v) is 4.51. The van der Waals surface area contributed by atoms with Crippen molar-refractivity contribution in [3.8, 4) is 6.07 Å². The van der Waals surface area contributed by atoms with Gasteiger partial charge < -0.3 is 0 Å². The predicted molar refractivity (Wildman–Crippen MR) is 91.0 cm³/mol. The van der Waals surface area contributed by atoms with Gasteiger partial charge in [0.05, 0.1) is 11.6 Å². The van der Waals surface area contributed by atoms with E-state index >= 15 is 0 Å². The van der Waals surface area contributed by atoms with E-state index < -0.39 is 0 Å². The molecule has 0 radical (unpaired) electrons. The summed E-state index contributed by atoms with van der Waals surface area (Å²) in [5.41, 5.74) is 2.67. The zero-order chi connectivity index (χ0) is 15.8. The average molecular weight is 309 g/mol. The summed E-state index contributed by atoms with van der Waals surface area (Å²) in [6.45, 7) is 2.09. The summed E-state index contributed by atoms with van der Waals surface area (Å²) in [6.07, 6.45) is 2.63. The van der Waals surface area contributed by atoms with Gasteiger partial charge in [-0.1, -0.05) is 37.6 Å². The molecule has 0 fully saturated rings. The zero-order valence-electron chi connectivity index (χ0n) is 12.7. The minimum absolute atomic E-state index is 0.227. The van der Waals surface area contributed by atoms with Crippen LogP contribution in [0.15, 0.2) is 53.4 Å². The maximum absolute atomic E-state index is 11.9. The molecular formula is C19H19NOS. The highest BCUT2D eigenvalue weighted by Gasteiger charge is 2.05. The number of nitrogens with zero attached hydrogens (tertiary/aromatic N) is 1. The summed E-state index contributed by atoms with van der Waals surface area (Å²) >= 11 is 1.73. The number of carbonyl (C=O) groups excluding carboxylic acids is 1. The van der Waals surface area contributed by atoms with Crippen molar-refractivity contribution in [2.75, 3.05) is 0 Å². The number of thioether (sulfide) groups is 1. The van der Waals surface area contributed by atoms with Crippen molar-refractivity contribution < 1.29 is 4.79 Å². The molecular weight excluding hydrogens is 290 g/mol. The molecule has 0 saturated heterocycles. The van der Waals surface area contributed by atoms with Crippen LogP contribution in [-0.2, 0) is 5.75 Å². The first-order valence-corrected chi connectivity index (χ1v) is 8.46. The molecule has 2 aromatic rings. The Morgan fingerprint density at radius 3 is 2.36 bits per heavy atom. The Balaban J connectivity index is 1.90. The van der Waals surface area contributed by atoms with Crippen LogP contribution in [0.3, 0.4) is 0 Å². The second-order valence-corrected chi connectivity index (χ2v) is 6.20. The van der Waals surface area contributed by atoms with E-state index in [0.717, 1.165) is 29.1 Å². The second-order valence-electron chi connectivity index (χ2n) is 5.15. The van der Waals surface area contributed by atoms with E-state index in [-0.39, 0.29) is 5.78 Å². The van der Waals surface area contributed by atoms with Gasteiger partial charge in [0, 0.05) is 22.6 Å². The number of hydrogen-bond acceptors (Lipinski definition) is 3. The maximum atomic E-state index is 11.9. The molecule has 0 bridgehead atoms. The normalized spacial score (nSPS) is 10.2.